The summed E-state index contributed by atoms with van der Waals surface area (Å²) in [6.45, 7) is 3.98. The van der Waals surface area contributed by atoms with Crippen molar-refractivity contribution >= 4 is 21.2 Å². The zero-order valence-electron chi connectivity index (χ0n) is 11.3. The lowest BCUT2D eigenvalue weighted by molar-refractivity contribution is 0.495. The molecular weight excluding hydrogens is 292 g/mol. The van der Waals surface area contributed by atoms with Crippen LogP contribution in [0.2, 0.25) is 0 Å². The molecular formula is C14H16N2O2S2. The molecule has 0 bridgehead atoms. The molecule has 0 radical (unpaired) electrons. The largest absolute Gasteiger partial charge is 0.300 e. The Morgan fingerprint density at radius 1 is 1.40 bits per heavy atom. The molecule has 1 aliphatic rings. The SMILES string of the molecule is Cc1csc(C(C)NC2CS(=O)(=O)c3ccccc32)n1. The first-order valence-corrected chi connectivity index (χ1v) is 9.00. The van der Waals surface area contributed by atoms with Crippen LogP contribution in [0.3, 0.4) is 0 Å². The van der Waals surface area contributed by atoms with Crippen LogP contribution in [0.4, 0.5) is 0 Å². The minimum Gasteiger partial charge on any atom is -0.300 e. The van der Waals surface area contributed by atoms with Crippen LogP contribution in [0, 0.1) is 6.92 Å². The van der Waals surface area contributed by atoms with Gasteiger partial charge in [-0.1, -0.05) is 18.2 Å². The first-order valence-electron chi connectivity index (χ1n) is 6.47. The predicted octanol–water partition coefficient (Wildman–Crippen LogP) is 2.63. The van der Waals surface area contributed by atoms with Gasteiger partial charge in [-0.15, -0.1) is 11.3 Å². The molecule has 0 aliphatic carbocycles. The van der Waals surface area contributed by atoms with E-state index in [0.717, 1.165) is 16.3 Å². The summed E-state index contributed by atoms with van der Waals surface area (Å²) in [5.74, 6) is 0.126. The van der Waals surface area contributed by atoms with Gasteiger partial charge in [-0.05, 0) is 25.5 Å². The molecule has 2 heterocycles. The van der Waals surface area contributed by atoms with Gasteiger partial charge in [-0.2, -0.15) is 0 Å². The summed E-state index contributed by atoms with van der Waals surface area (Å²) >= 11 is 1.60. The van der Waals surface area contributed by atoms with Crippen LogP contribution in [0.25, 0.3) is 0 Å². The van der Waals surface area contributed by atoms with E-state index < -0.39 is 9.84 Å². The van der Waals surface area contributed by atoms with Crippen LogP contribution < -0.4 is 5.32 Å². The lowest BCUT2D eigenvalue weighted by Crippen LogP contribution is -2.25. The fraction of sp³-hybridized carbons (Fsp3) is 0.357. The number of hydrogen-bond donors (Lipinski definition) is 1. The maximum absolute atomic E-state index is 12.1. The fourth-order valence-corrected chi connectivity index (χ4v) is 5.09. The second-order valence-corrected chi connectivity index (χ2v) is 7.98. The second kappa shape index (κ2) is 4.95. The van der Waals surface area contributed by atoms with Gasteiger partial charge < -0.3 is 5.32 Å². The van der Waals surface area contributed by atoms with Crippen molar-refractivity contribution in [2.24, 2.45) is 0 Å². The van der Waals surface area contributed by atoms with Gasteiger partial charge in [0.05, 0.1) is 16.7 Å². The number of sulfone groups is 1. The van der Waals surface area contributed by atoms with E-state index in [-0.39, 0.29) is 17.8 Å². The van der Waals surface area contributed by atoms with Crippen molar-refractivity contribution < 1.29 is 8.42 Å². The van der Waals surface area contributed by atoms with Crippen molar-refractivity contribution in [3.05, 3.63) is 45.9 Å². The third kappa shape index (κ3) is 2.39. The number of aryl methyl sites for hydroxylation is 1. The van der Waals surface area contributed by atoms with Gasteiger partial charge in [0, 0.05) is 17.1 Å². The molecule has 1 N–H and O–H groups in total. The van der Waals surface area contributed by atoms with Gasteiger partial charge in [0.2, 0.25) is 0 Å². The number of nitrogens with zero attached hydrogens (tertiary/aromatic N) is 1. The molecule has 0 spiro atoms. The molecule has 2 atom stereocenters. The first kappa shape index (κ1) is 13.7. The molecule has 20 heavy (non-hydrogen) atoms. The van der Waals surface area contributed by atoms with Crippen molar-refractivity contribution in [2.45, 2.75) is 30.8 Å². The van der Waals surface area contributed by atoms with Crippen molar-refractivity contribution in [2.75, 3.05) is 5.75 Å². The van der Waals surface area contributed by atoms with Gasteiger partial charge >= 0.3 is 0 Å². The van der Waals surface area contributed by atoms with Crippen LogP contribution in [0.1, 0.15) is 35.3 Å². The number of nitrogens with one attached hydrogen (secondary N) is 1. The third-order valence-electron chi connectivity index (χ3n) is 3.47. The van der Waals surface area contributed by atoms with E-state index in [1.807, 2.05) is 31.4 Å². The summed E-state index contributed by atoms with van der Waals surface area (Å²) in [6, 6.07) is 7.11. The van der Waals surface area contributed by atoms with Gasteiger partial charge in [0.1, 0.15) is 5.01 Å². The highest BCUT2D eigenvalue weighted by atomic mass is 32.2. The fourth-order valence-electron chi connectivity index (χ4n) is 2.53. The normalized spacial score (nSPS) is 21.6. The van der Waals surface area contributed by atoms with Crippen molar-refractivity contribution in [3.63, 3.8) is 0 Å². The number of benzene rings is 1. The zero-order valence-corrected chi connectivity index (χ0v) is 13.0. The van der Waals surface area contributed by atoms with E-state index >= 15 is 0 Å². The van der Waals surface area contributed by atoms with E-state index in [9.17, 15) is 8.42 Å². The zero-order chi connectivity index (χ0) is 14.3. The van der Waals surface area contributed by atoms with Crippen molar-refractivity contribution in [3.8, 4) is 0 Å². The minimum atomic E-state index is -3.16. The molecule has 2 aromatic rings. The number of hydrogen-bond acceptors (Lipinski definition) is 5. The molecule has 1 aromatic carbocycles. The monoisotopic (exact) mass is 308 g/mol. The molecule has 0 amide bonds. The average Bonchev–Trinajstić information content (AvgIpc) is 2.93. The Morgan fingerprint density at radius 2 is 2.15 bits per heavy atom. The Balaban J connectivity index is 1.86. The first-order chi connectivity index (χ1) is 9.47. The summed E-state index contributed by atoms with van der Waals surface area (Å²) in [5, 5.41) is 6.39. The van der Waals surface area contributed by atoms with E-state index in [0.29, 0.717) is 4.90 Å². The Kier molecular flexibility index (Phi) is 3.40. The number of fused-ring (bicyclic) bond motifs is 1. The molecule has 3 rings (SSSR count). The molecule has 0 saturated carbocycles. The summed E-state index contributed by atoms with van der Waals surface area (Å²) in [5.41, 5.74) is 1.87. The van der Waals surface area contributed by atoms with E-state index in [2.05, 4.69) is 10.3 Å². The van der Waals surface area contributed by atoms with Crippen LogP contribution in [0.5, 0.6) is 0 Å². The molecule has 0 fully saturated rings. The van der Waals surface area contributed by atoms with Gasteiger partial charge in [0.15, 0.2) is 9.84 Å². The lowest BCUT2D eigenvalue weighted by atomic mass is 10.1. The second-order valence-electron chi connectivity index (χ2n) is 5.09. The quantitative estimate of drug-likeness (QED) is 0.947. The number of thiazole rings is 1. The minimum absolute atomic E-state index is 0.0417. The Labute approximate surface area is 122 Å². The maximum Gasteiger partial charge on any atom is 0.180 e. The molecule has 1 aromatic heterocycles. The van der Waals surface area contributed by atoms with Gasteiger partial charge in [-0.3, -0.25) is 0 Å². The van der Waals surface area contributed by atoms with Crippen LogP contribution in [-0.4, -0.2) is 19.2 Å². The molecule has 0 saturated heterocycles. The lowest BCUT2D eigenvalue weighted by Gasteiger charge is -2.17. The Morgan fingerprint density at radius 3 is 2.85 bits per heavy atom. The number of rotatable bonds is 3. The number of aromatic nitrogens is 1. The molecule has 2 unspecified atom stereocenters. The third-order valence-corrected chi connectivity index (χ3v) is 6.43. The summed E-state index contributed by atoms with van der Waals surface area (Å²) < 4.78 is 24.3. The highest BCUT2D eigenvalue weighted by Gasteiger charge is 2.35. The molecule has 4 nitrogen and oxygen atoms in total. The average molecular weight is 308 g/mol. The molecule has 1 aliphatic heterocycles. The highest BCUT2D eigenvalue weighted by Crippen LogP contribution is 2.34. The van der Waals surface area contributed by atoms with Gasteiger partial charge in [0.25, 0.3) is 0 Å². The molecule has 6 heteroatoms. The summed E-state index contributed by atoms with van der Waals surface area (Å²) in [7, 11) is -3.16. The maximum atomic E-state index is 12.1. The van der Waals surface area contributed by atoms with Crippen molar-refractivity contribution in [1.29, 1.82) is 0 Å². The van der Waals surface area contributed by atoms with Crippen LogP contribution in [-0.2, 0) is 9.84 Å². The summed E-state index contributed by atoms with van der Waals surface area (Å²) in [4.78, 5) is 4.91. The highest BCUT2D eigenvalue weighted by molar-refractivity contribution is 7.91. The standard InChI is InChI=1S/C14H16N2O2S2/c1-9-7-19-14(15-9)10(2)16-12-8-20(17,18)13-6-4-3-5-11(12)13/h3-7,10,12,16H,8H2,1-2H3. The Hall–Kier alpha value is -1.24. The van der Waals surface area contributed by atoms with Gasteiger partial charge in [-0.25, -0.2) is 13.4 Å². The predicted molar refractivity (Wildman–Crippen MR) is 79.6 cm³/mol. The van der Waals surface area contributed by atoms with E-state index in [1.165, 1.54) is 0 Å². The Bertz CT molecular complexity index is 737. The smallest absolute Gasteiger partial charge is 0.180 e. The van der Waals surface area contributed by atoms with Crippen LogP contribution >= 0.6 is 11.3 Å². The van der Waals surface area contributed by atoms with E-state index in [1.54, 1.807) is 23.5 Å². The molecule has 106 valence electrons. The topological polar surface area (TPSA) is 59.1 Å². The summed E-state index contributed by atoms with van der Waals surface area (Å²) in [6.07, 6.45) is 0. The van der Waals surface area contributed by atoms with Crippen molar-refractivity contribution in [1.82, 2.24) is 10.3 Å². The van der Waals surface area contributed by atoms with Crippen LogP contribution in [0.15, 0.2) is 34.5 Å². The van der Waals surface area contributed by atoms with E-state index in [4.69, 9.17) is 0 Å².